The third kappa shape index (κ3) is 4.58. The average molecular weight is 308 g/mol. The van der Waals surface area contributed by atoms with Crippen molar-refractivity contribution in [3.8, 4) is 0 Å². The van der Waals surface area contributed by atoms with Gasteiger partial charge in [0.25, 0.3) is 0 Å². The molecule has 1 atom stereocenters. The van der Waals surface area contributed by atoms with Crippen molar-refractivity contribution in [2.45, 2.75) is 32.9 Å². The molecular formula is C16H24N2O2S. The van der Waals surface area contributed by atoms with Gasteiger partial charge in [0.15, 0.2) is 9.84 Å². The number of hydrogen-bond acceptors (Lipinski definition) is 3. The van der Waals surface area contributed by atoms with E-state index >= 15 is 0 Å². The molecule has 1 unspecified atom stereocenters. The molecule has 1 N–H and O–H groups in total. The molecule has 0 radical (unpaired) electrons. The average Bonchev–Trinajstić information content (AvgIpc) is 2.86. The topological polar surface area (TPSA) is 51.1 Å². The fourth-order valence-corrected chi connectivity index (χ4v) is 3.61. The Morgan fingerprint density at radius 3 is 2.76 bits per heavy atom. The molecule has 0 fully saturated rings. The summed E-state index contributed by atoms with van der Waals surface area (Å²) in [7, 11) is -2.90. The molecule has 0 saturated carbocycles. The van der Waals surface area contributed by atoms with Crippen LogP contribution in [0.25, 0.3) is 10.9 Å². The summed E-state index contributed by atoms with van der Waals surface area (Å²) in [6.07, 6.45) is 3.09. The van der Waals surface area contributed by atoms with Crippen molar-refractivity contribution in [2.24, 2.45) is 0 Å². The van der Waals surface area contributed by atoms with E-state index < -0.39 is 9.84 Å². The second-order valence-electron chi connectivity index (χ2n) is 5.48. The minimum atomic E-state index is -2.90. The molecule has 21 heavy (non-hydrogen) atoms. The number of rotatable bonds is 8. The molecule has 0 saturated heterocycles. The first kappa shape index (κ1) is 16.0. The lowest BCUT2D eigenvalue weighted by Crippen LogP contribution is -2.34. The van der Waals surface area contributed by atoms with Crippen molar-refractivity contribution >= 4 is 20.7 Å². The minimum Gasteiger partial charge on any atom is -0.347 e. The molecule has 1 aromatic carbocycles. The second-order valence-corrected chi connectivity index (χ2v) is 7.87. The van der Waals surface area contributed by atoms with Gasteiger partial charge in [-0.05, 0) is 37.4 Å². The first-order valence-corrected chi connectivity index (χ1v) is 9.31. The van der Waals surface area contributed by atoms with Gasteiger partial charge in [0.1, 0.15) is 0 Å². The number of hydrogen-bond donors (Lipinski definition) is 1. The van der Waals surface area contributed by atoms with Gasteiger partial charge in [-0.3, -0.25) is 0 Å². The van der Waals surface area contributed by atoms with E-state index in [4.69, 9.17) is 0 Å². The van der Waals surface area contributed by atoms with Gasteiger partial charge in [0.2, 0.25) is 0 Å². The third-order valence-corrected chi connectivity index (χ3v) is 5.58. The quantitative estimate of drug-likeness (QED) is 0.762. The Morgan fingerprint density at radius 1 is 1.24 bits per heavy atom. The van der Waals surface area contributed by atoms with Crippen LogP contribution in [0.1, 0.15) is 20.3 Å². The Bertz CT molecular complexity index is 676. The van der Waals surface area contributed by atoms with E-state index in [1.54, 1.807) is 6.92 Å². The van der Waals surface area contributed by atoms with E-state index in [-0.39, 0.29) is 17.5 Å². The zero-order chi connectivity index (χ0) is 15.3. The number of fused-ring (bicyclic) bond motifs is 1. The number of aryl methyl sites for hydroxylation is 1. The fraction of sp³-hybridized carbons (Fsp3) is 0.500. The van der Waals surface area contributed by atoms with Crippen LogP contribution in [-0.4, -0.2) is 37.1 Å². The Balaban J connectivity index is 1.77. The molecule has 0 spiro atoms. The van der Waals surface area contributed by atoms with Crippen molar-refractivity contribution < 1.29 is 8.42 Å². The molecule has 1 heterocycles. The van der Waals surface area contributed by atoms with Crippen molar-refractivity contribution in [1.82, 2.24) is 9.88 Å². The molecule has 0 aliphatic carbocycles. The lowest BCUT2D eigenvalue weighted by molar-refractivity contribution is 0.530. The van der Waals surface area contributed by atoms with Gasteiger partial charge in [-0.25, -0.2) is 8.42 Å². The van der Waals surface area contributed by atoms with Crippen LogP contribution in [0.15, 0.2) is 36.5 Å². The van der Waals surface area contributed by atoms with Gasteiger partial charge < -0.3 is 9.88 Å². The van der Waals surface area contributed by atoms with Gasteiger partial charge in [0.05, 0.1) is 5.75 Å². The van der Waals surface area contributed by atoms with Crippen LogP contribution in [0.4, 0.5) is 0 Å². The highest BCUT2D eigenvalue weighted by atomic mass is 32.2. The summed E-state index contributed by atoms with van der Waals surface area (Å²) in [6, 6.07) is 10.5. The van der Waals surface area contributed by atoms with E-state index in [1.165, 1.54) is 10.9 Å². The lowest BCUT2D eigenvalue weighted by atomic mass is 10.2. The van der Waals surface area contributed by atoms with Crippen LogP contribution in [-0.2, 0) is 16.4 Å². The number of benzene rings is 1. The van der Waals surface area contributed by atoms with E-state index in [0.29, 0.717) is 0 Å². The molecule has 2 aromatic rings. The maximum absolute atomic E-state index is 11.5. The molecule has 1 aromatic heterocycles. The minimum absolute atomic E-state index is 0.0105. The maximum Gasteiger partial charge on any atom is 0.151 e. The van der Waals surface area contributed by atoms with Gasteiger partial charge >= 0.3 is 0 Å². The number of aromatic nitrogens is 1. The van der Waals surface area contributed by atoms with Crippen LogP contribution in [0.3, 0.4) is 0 Å². The van der Waals surface area contributed by atoms with Gasteiger partial charge in [-0.15, -0.1) is 0 Å². The number of nitrogens with one attached hydrogen (secondary N) is 1. The van der Waals surface area contributed by atoms with Gasteiger partial charge in [-0.1, -0.05) is 25.1 Å². The lowest BCUT2D eigenvalue weighted by Gasteiger charge is -2.13. The number of para-hydroxylation sites is 1. The Labute approximate surface area is 127 Å². The summed E-state index contributed by atoms with van der Waals surface area (Å²) >= 11 is 0. The van der Waals surface area contributed by atoms with Crippen LogP contribution < -0.4 is 5.32 Å². The van der Waals surface area contributed by atoms with E-state index in [0.717, 1.165) is 19.5 Å². The van der Waals surface area contributed by atoms with Crippen LogP contribution >= 0.6 is 0 Å². The number of nitrogens with zero attached hydrogens (tertiary/aromatic N) is 1. The Kier molecular flexibility index (Phi) is 5.42. The molecule has 0 aliphatic rings. The van der Waals surface area contributed by atoms with Crippen molar-refractivity contribution in [3.05, 3.63) is 36.5 Å². The molecule has 0 bridgehead atoms. The van der Waals surface area contributed by atoms with Gasteiger partial charge in [0, 0.05) is 30.1 Å². The van der Waals surface area contributed by atoms with Crippen LogP contribution in [0.5, 0.6) is 0 Å². The van der Waals surface area contributed by atoms with E-state index in [1.807, 2.05) is 13.0 Å². The van der Waals surface area contributed by atoms with E-state index in [2.05, 4.69) is 40.3 Å². The standard InChI is InChI=1S/C16H24N2O2S/c1-3-21(19,20)13-14(2)17-10-6-11-18-12-9-15-7-4-5-8-16(15)18/h4-5,7-9,12,14,17H,3,6,10-11,13H2,1-2H3. The SMILES string of the molecule is CCS(=O)(=O)CC(C)NCCCn1ccc2ccccc21. The maximum atomic E-state index is 11.5. The largest absolute Gasteiger partial charge is 0.347 e. The molecular weight excluding hydrogens is 284 g/mol. The summed E-state index contributed by atoms with van der Waals surface area (Å²) in [5.41, 5.74) is 1.25. The number of sulfone groups is 1. The van der Waals surface area contributed by atoms with Gasteiger partial charge in [-0.2, -0.15) is 0 Å². The summed E-state index contributed by atoms with van der Waals surface area (Å²) in [6.45, 7) is 5.39. The van der Waals surface area contributed by atoms with Crippen LogP contribution in [0.2, 0.25) is 0 Å². The van der Waals surface area contributed by atoms with Crippen molar-refractivity contribution in [2.75, 3.05) is 18.1 Å². The predicted octanol–water partition coefficient (Wildman–Crippen LogP) is 2.44. The third-order valence-electron chi connectivity index (χ3n) is 3.69. The summed E-state index contributed by atoms with van der Waals surface area (Å²) in [4.78, 5) is 0. The van der Waals surface area contributed by atoms with E-state index in [9.17, 15) is 8.42 Å². The highest BCUT2D eigenvalue weighted by Crippen LogP contribution is 2.15. The van der Waals surface area contributed by atoms with Crippen molar-refractivity contribution in [1.29, 1.82) is 0 Å². The predicted molar refractivity (Wildman–Crippen MR) is 88.3 cm³/mol. The highest BCUT2D eigenvalue weighted by molar-refractivity contribution is 7.91. The summed E-state index contributed by atoms with van der Waals surface area (Å²) < 4.78 is 25.3. The summed E-state index contributed by atoms with van der Waals surface area (Å²) in [5.74, 6) is 0.435. The second kappa shape index (κ2) is 7.09. The molecule has 4 nitrogen and oxygen atoms in total. The zero-order valence-electron chi connectivity index (χ0n) is 12.7. The monoisotopic (exact) mass is 308 g/mol. The molecule has 0 amide bonds. The fourth-order valence-electron chi connectivity index (χ4n) is 2.49. The first-order valence-electron chi connectivity index (χ1n) is 7.49. The highest BCUT2D eigenvalue weighted by Gasteiger charge is 2.12. The van der Waals surface area contributed by atoms with Crippen molar-refractivity contribution in [3.63, 3.8) is 0 Å². The molecule has 5 heteroatoms. The normalized spacial score (nSPS) is 13.6. The molecule has 116 valence electrons. The first-order chi connectivity index (χ1) is 10.0. The zero-order valence-corrected chi connectivity index (χ0v) is 13.6. The Hall–Kier alpha value is -1.33. The smallest absolute Gasteiger partial charge is 0.151 e. The Morgan fingerprint density at radius 2 is 2.00 bits per heavy atom. The summed E-state index contributed by atoms with van der Waals surface area (Å²) in [5, 5.41) is 4.55. The molecule has 2 rings (SSSR count). The van der Waals surface area contributed by atoms with Crippen LogP contribution in [0, 0.1) is 0 Å². The molecule has 0 aliphatic heterocycles.